The number of hydrogen-bond donors (Lipinski definition) is 2. The van der Waals surface area contributed by atoms with E-state index in [1.54, 1.807) is 25.3 Å². The van der Waals surface area contributed by atoms with Crippen molar-refractivity contribution in [2.45, 2.75) is 37.4 Å². The summed E-state index contributed by atoms with van der Waals surface area (Å²) in [5.74, 6) is 0.671. The van der Waals surface area contributed by atoms with E-state index < -0.39 is 11.7 Å². The highest BCUT2D eigenvalue weighted by molar-refractivity contribution is 5.94. The first kappa shape index (κ1) is 23.4. The molecule has 0 aliphatic carbocycles. The molecule has 1 spiro atoms. The number of rotatable bonds is 6. The number of carbonyl (C=O) groups excluding carboxylic acids is 1. The number of ether oxygens (including phenoxy) is 2. The topological polar surface area (TPSA) is 84.2 Å². The molecule has 0 bridgehead atoms. The van der Waals surface area contributed by atoms with Crippen molar-refractivity contribution < 1.29 is 28.9 Å². The molecule has 2 N–H and O–H groups in total. The first-order valence-corrected chi connectivity index (χ1v) is 11.9. The summed E-state index contributed by atoms with van der Waals surface area (Å²) in [6, 6.07) is 13.9. The Morgan fingerprint density at radius 2 is 2.00 bits per heavy atom. The van der Waals surface area contributed by atoms with Crippen LogP contribution in [-0.4, -0.2) is 58.5 Å². The van der Waals surface area contributed by atoms with Gasteiger partial charge in [-0.05, 0) is 54.8 Å². The number of likely N-dealkylation sites (tertiary alicyclic amines) is 1. The number of aliphatic hydroxyl groups excluding tert-OH is 2. The Labute approximate surface area is 203 Å². The van der Waals surface area contributed by atoms with Gasteiger partial charge in [-0.2, -0.15) is 0 Å². The van der Waals surface area contributed by atoms with Crippen LogP contribution >= 0.6 is 0 Å². The number of amides is 1. The van der Waals surface area contributed by atoms with E-state index in [4.69, 9.17) is 14.6 Å². The highest BCUT2D eigenvalue weighted by Gasteiger charge is 2.44. The van der Waals surface area contributed by atoms with Crippen LogP contribution in [0.4, 0.5) is 4.39 Å². The second-order valence-corrected chi connectivity index (χ2v) is 9.17. The van der Waals surface area contributed by atoms with E-state index >= 15 is 0 Å². The van der Waals surface area contributed by atoms with Crippen molar-refractivity contribution in [1.82, 2.24) is 9.47 Å². The fraction of sp³-hybridized carbons (Fsp3) is 0.370. The van der Waals surface area contributed by atoms with Crippen molar-refractivity contribution in [3.8, 4) is 17.2 Å². The van der Waals surface area contributed by atoms with E-state index in [0.29, 0.717) is 55.8 Å². The van der Waals surface area contributed by atoms with Gasteiger partial charge >= 0.3 is 0 Å². The van der Waals surface area contributed by atoms with Gasteiger partial charge in [-0.25, -0.2) is 4.39 Å². The van der Waals surface area contributed by atoms with Crippen LogP contribution in [0.5, 0.6) is 11.5 Å². The third-order valence-electron chi connectivity index (χ3n) is 7.05. The zero-order valence-electron chi connectivity index (χ0n) is 19.6. The highest BCUT2D eigenvalue weighted by Crippen LogP contribution is 2.45. The summed E-state index contributed by atoms with van der Waals surface area (Å²) in [6.07, 6.45) is 3.29. The number of aromatic nitrogens is 1. The molecule has 5 rings (SSSR count). The van der Waals surface area contributed by atoms with Crippen molar-refractivity contribution in [3.63, 3.8) is 0 Å². The van der Waals surface area contributed by atoms with Crippen LogP contribution in [-0.2, 0) is 12.0 Å². The lowest BCUT2D eigenvalue weighted by atomic mass is 9.86. The number of fused-ring (bicyclic) bond motifs is 4. The molecule has 7 nitrogen and oxygen atoms in total. The molecule has 184 valence electrons. The number of nitrogens with zero attached hydrogens (tertiary/aromatic N) is 2. The summed E-state index contributed by atoms with van der Waals surface area (Å²) < 4.78 is 27.9. The maximum atomic E-state index is 13.9. The molecule has 3 aromatic rings. The number of hydrogen-bond acceptors (Lipinski definition) is 5. The van der Waals surface area contributed by atoms with Crippen LogP contribution < -0.4 is 9.47 Å². The molecule has 2 aliphatic heterocycles. The number of carbonyl (C=O) groups is 1. The molecule has 2 aliphatic rings. The predicted octanol–water partition coefficient (Wildman–Crippen LogP) is 3.43. The van der Waals surface area contributed by atoms with Gasteiger partial charge in [0, 0.05) is 43.8 Å². The molecule has 1 aromatic heterocycles. The van der Waals surface area contributed by atoms with Crippen molar-refractivity contribution >= 4 is 5.91 Å². The highest BCUT2D eigenvalue weighted by atomic mass is 19.1. The molecule has 0 unspecified atom stereocenters. The lowest BCUT2D eigenvalue weighted by Gasteiger charge is -2.45. The lowest BCUT2D eigenvalue weighted by molar-refractivity contribution is -0.00951. The van der Waals surface area contributed by atoms with Crippen LogP contribution in [0.25, 0.3) is 5.69 Å². The van der Waals surface area contributed by atoms with Gasteiger partial charge in [0.15, 0.2) is 5.60 Å². The fourth-order valence-corrected chi connectivity index (χ4v) is 5.10. The zero-order chi connectivity index (χ0) is 24.6. The van der Waals surface area contributed by atoms with Gasteiger partial charge in [-0.15, -0.1) is 0 Å². The van der Waals surface area contributed by atoms with E-state index in [1.807, 2.05) is 33.9 Å². The quantitative estimate of drug-likeness (QED) is 0.565. The van der Waals surface area contributed by atoms with Gasteiger partial charge in [0.1, 0.15) is 17.3 Å². The molecule has 1 amide bonds. The predicted molar refractivity (Wildman–Crippen MR) is 128 cm³/mol. The Morgan fingerprint density at radius 1 is 1.20 bits per heavy atom. The molecule has 1 fully saturated rings. The first-order chi connectivity index (χ1) is 16.9. The van der Waals surface area contributed by atoms with Gasteiger partial charge in [0.2, 0.25) is 0 Å². The van der Waals surface area contributed by atoms with Gasteiger partial charge in [-0.1, -0.05) is 6.07 Å². The standard InChI is InChI=1S/C27H29FN2O5/c1-34-23-15-19(5-4-18(23)6-8-21(32)17-31)26(33)29-13-10-27(11-14-29)25-3-2-12-30(25)22-9-7-20(28)16-24(22)35-27/h2-5,7,9,12,15-16,21,31-32H,6,8,10-11,13-14,17H2,1H3/t21-/m1/s1. The third kappa shape index (κ3) is 4.28. The zero-order valence-corrected chi connectivity index (χ0v) is 19.6. The lowest BCUT2D eigenvalue weighted by Crippen LogP contribution is -2.50. The first-order valence-electron chi connectivity index (χ1n) is 11.9. The van der Waals surface area contributed by atoms with Gasteiger partial charge < -0.3 is 29.2 Å². The summed E-state index contributed by atoms with van der Waals surface area (Å²) in [4.78, 5) is 15.1. The summed E-state index contributed by atoms with van der Waals surface area (Å²) in [5, 5.41) is 18.7. The molecule has 1 atom stereocenters. The molecule has 0 radical (unpaired) electrons. The second-order valence-electron chi connectivity index (χ2n) is 9.17. The van der Waals surface area contributed by atoms with Gasteiger partial charge in [-0.3, -0.25) is 4.79 Å². The van der Waals surface area contributed by atoms with Crippen molar-refractivity contribution in [1.29, 1.82) is 0 Å². The minimum absolute atomic E-state index is 0.0854. The summed E-state index contributed by atoms with van der Waals surface area (Å²) >= 11 is 0. The van der Waals surface area contributed by atoms with E-state index in [0.717, 1.165) is 16.9 Å². The summed E-state index contributed by atoms with van der Waals surface area (Å²) in [5.41, 5.74) is 2.62. The smallest absolute Gasteiger partial charge is 0.253 e. The van der Waals surface area contributed by atoms with E-state index in [1.165, 1.54) is 12.1 Å². The number of benzene rings is 2. The van der Waals surface area contributed by atoms with Crippen LogP contribution in [0, 0.1) is 5.82 Å². The molecule has 0 saturated carbocycles. The number of aryl methyl sites for hydroxylation is 1. The van der Waals surface area contributed by atoms with Crippen LogP contribution in [0.2, 0.25) is 0 Å². The Bertz CT molecular complexity index is 1230. The van der Waals surface area contributed by atoms with E-state index in [-0.39, 0.29) is 18.3 Å². The second kappa shape index (κ2) is 9.36. The largest absolute Gasteiger partial charge is 0.496 e. The number of halogens is 1. The summed E-state index contributed by atoms with van der Waals surface area (Å²) in [7, 11) is 1.55. The van der Waals surface area contributed by atoms with Gasteiger partial charge in [0.05, 0.1) is 31.2 Å². The minimum Gasteiger partial charge on any atom is -0.496 e. The van der Waals surface area contributed by atoms with Gasteiger partial charge in [0.25, 0.3) is 5.91 Å². The molecule has 1 saturated heterocycles. The monoisotopic (exact) mass is 480 g/mol. The SMILES string of the molecule is COc1cc(C(=O)N2CCC3(CC2)Oc2cc(F)ccc2-n2cccc23)ccc1CC[C@@H](O)CO. The van der Waals surface area contributed by atoms with Crippen molar-refractivity contribution in [2.75, 3.05) is 26.8 Å². The van der Waals surface area contributed by atoms with Crippen molar-refractivity contribution in [3.05, 3.63) is 77.4 Å². The summed E-state index contributed by atoms with van der Waals surface area (Å²) in [6.45, 7) is 0.715. The Hall–Kier alpha value is -3.36. The molecule has 2 aromatic carbocycles. The van der Waals surface area contributed by atoms with Crippen LogP contribution in [0.15, 0.2) is 54.7 Å². The maximum absolute atomic E-state index is 13.9. The van der Waals surface area contributed by atoms with E-state index in [2.05, 4.69) is 0 Å². The molecular weight excluding hydrogens is 451 g/mol. The third-order valence-corrected chi connectivity index (χ3v) is 7.05. The van der Waals surface area contributed by atoms with Crippen LogP contribution in [0.3, 0.4) is 0 Å². The maximum Gasteiger partial charge on any atom is 0.253 e. The number of methoxy groups -OCH3 is 1. The Morgan fingerprint density at radius 3 is 2.74 bits per heavy atom. The Kier molecular flexibility index (Phi) is 6.25. The number of aliphatic hydroxyl groups is 2. The molecule has 35 heavy (non-hydrogen) atoms. The van der Waals surface area contributed by atoms with Crippen molar-refractivity contribution in [2.24, 2.45) is 0 Å². The van der Waals surface area contributed by atoms with E-state index in [9.17, 15) is 14.3 Å². The number of piperidine rings is 1. The normalized spacial score (nSPS) is 16.9. The fourth-order valence-electron chi connectivity index (χ4n) is 5.10. The van der Waals surface area contributed by atoms with Crippen LogP contribution in [0.1, 0.15) is 40.9 Å². The molecule has 8 heteroatoms. The average Bonchev–Trinajstić information content (AvgIpc) is 3.38. The molecule has 3 heterocycles. The Balaban J connectivity index is 1.32. The average molecular weight is 481 g/mol. The minimum atomic E-state index is -0.784. The molecular formula is C27H29FN2O5.